The molecule has 104 valence electrons. The Bertz CT molecular complexity index is 334. The van der Waals surface area contributed by atoms with Crippen molar-refractivity contribution in [2.24, 2.45) is 22.3 Å². The molecule has 1 heterocycles. The third-order valence-electron chi connectivity index (χ3n) is 3.38. The van der Waals surface area contributed by atoms with Crippen LogP contribution in [0, 0.1) is 10.8 Å². The summed E-state index contributed by atoms with van der Waals surface area (Å²) >= 11 is 0. The lowest BCUT2D eigenvalue weighted by Gasteiger charge is -2.48. The number of primary amides is 2. The van der Waals surface area contributed by atoms with E-state index in [-0.39, 0.29) is 17.3 Å². The third-order valence-corrected chi connectivity index (χ3v) is 3.38. The molecule has 0 bridgehead atoms. The van der Waals surface area contributed by atoms with Gasteiger partial charge in [0.15, 0.2) is 0 Å². The lowest BCUT2D eigenvalue weighted by Crippen LogP contribution is -2.56. The Balaban J connectivity index is 2.91. The molecule has 5 heteroatoms. The fraction of sp³-hybridized carbons (Fsp3) is 0.846. The average molecular weight is 255 g/mol. The predicted octanol–water partition coefficient (Wildman–Crippen LogP) is 0.474. The smallest absolute Gasteiger partial charge is 0.235 e. The lowest BCUT2D eigenvalue weighted by molar-refractivity contribution is -0.131. The van der Waals surface area contributed by atoms with Crippen molar-refractivity contribution >= 4 is 11.8 Å². The molecule has 0 aromatic heterocycles. The van der Waals surface area contributed by atoms with E-state index in [9.17, 15) is 9.59 Å². The highest BCUT2D eigenvalue weighted by Gasteiger charge is 2.41. The first kappa shape index (κ1) is 15.0. The largest absolute Gasteiger partial charge is 0.370 e. The van der Waals surface area contributed by atoms with E-state index in [1.54, 1.807) is 0 Å². The number of amides is 2. The van der Waals surface area contributed by atoms with Crippen molar-refractivity contribution in [2.75, 3.05) is 13.1 Å². The van der Waals surface area contributed by atoms with Gasteiger partial charge in [0, 0.05) is 13.1 Å². The van der Waals surface area contributed by atoms with Crippen LogP contribution in [0.25, 0.3) is 0 Å². The summed E-state index contributed by atoms with van der Waals surface area (Å²) in [6, 6.07) is -0.582. The molecule has 1 atom stereocenters. The summed E-state index contributed by atoms with van der Waals surface area (Å²) in [5.41, 5.74) is 10.8. The maximum Gasteiger partial charge on any atom is 0.235 e. The lowest BCUT2D eigenvalue weighted by atomic mass is 9.70. The number of hydrogen-bond acceptors (Lipinski definition) is 3. The van der Waals surface area contributed by atoms with Crippen LogP contribution < -0.4 is 11.5 Å². The minimum Gasteiger partial charge on any atom is -0.370 e. The minimum atomic E-state index is -0.582. The van der Waals surface area contributed by atoms with Crippen LogP contribution in [0.1, 0.15) is 40.5 Å². The topological polar surface area (TPSA) is 89.4 Å². The van der Waals surface area contributed by atoms with Crippen molar-refractivity contribution in [3.63, 3.8) is 0 Å². The van der Waals surface area contributed by atoms with Crippen molar-refractivity contribution in [2.45, 2.75) is 46.6 Å². The van der Waals surface area contributed by atoms with Crippen LogP contribution in [-0.4, -0.2) is 35.8 Å². The molecule has 0 saturated carbocycles. The van der Waals surface area contributed by atoms with E-state index < -0.39 is 17.9 Å². The molecule has 1 unspecified atom stereocenters. The highest BCUT2D eigenvalue weighted by molar-refractivity contribution is 5.86. The van der Waals surface area contributed by atoms with Crippen LogP contribution >= 0.6 is 0 Å². The van der Waals surface area contributed by atoms with Gasteiger partial charge in [-0.25, -0.2) is 0 Å². The number of carbonyl (C=O) groups excluding carboxylic acids is 2. The van der Waals surface area contributed by atoms with Crippen molar-refractivity contribution < 1.29 is 9.59 Å². The summed E-state index contributed by atoms with van der Waals surface area (Å²) in [6.45, 7) is 10.2. The monoisotopic (exact) mass is 255 g/mol. The van der Waals surface area contributed by atoms with Gasteiger partial charge >= 0.3 is 0 Å². The number of likely N-dealkylation sites (tertiary alicyclic amines) is 1. The number of rotatable bonds is 4. The zero-order chi connectivity index (χ0) is 14.1. The van der Waals surface area contributed by atoms with Crippen LogP contribution in [0.5, 0.6) is 0 Å². The second-order valence-corrected chi connectivity index (χ2v) is 7.00. The SMILES string of the molecule is CC1(C)CN(C(CC(N)=O)C(N)=O)CC(C)(C)C1. The van der Waals surface area contributed by atoms with Crippen LogP contribution in [0.3, 0.4) is 0 Å². The number of carbonyl (C=O) groups is 2. The molecule has 1 aliphatic heterocycles. The first-order valence-corrected chi connectivity index (χ1v) is 6.34. The van der Waals surface area contributed by atoms with E-state index in [4.69, 9.17) is 11.5 Å². The second-order valence-electron chi connectivity index (χ2n) is 7.00. The Morgan fingerprint density at radius 3 is 1.89 bits per heavy atom. The molecule has 4 N–H and O–H groups in total. The van der Waals surface area contributed by atoms with Crippen LogP contribution in [0.4, 0.5) is 0 Å². The number of hydrogen-bond donors (Lipinski definition) is 2. The molecule has 2 amide bonds. The molecule has 1 fully saturated rings. The van der Waals surface area contributed by atoms with E-state index in [0.29, 0.717) is 0 Å². The fourth-order valence-corrected chi connectivity index (χ4v) is 3.38. The molecule has 1 aliphatic rings. The van der Waals surface area contributed by atoms with E-state index >= 15 is 0 Å². The third kappa shape index (κ3) is 3.98. The highest BCUT2D eigenvalue weighted by atomic mass is 16.2. The molecule has 5 nitrogen and oxygen atoms in total. The van der Waals surface area contributed by atoms with E-state index in [0.717, 1.165) is 19.5 Å². The van der Waals surface area contributed by atoms with E-state index in [1.165, 1.54) is 0 Å². The van der Waals surface area contributed by atoms with Crippen molar-refractivity contribution in [3.8, 4) is 0 Å². The van der Waals surface area contributed by atoms with Crippen LogP contribution in [0.2, 0.25) is 0 Å². The Kier molecular flexibility index (Phi) is 4.05. The minimum absolute atomic E-state index is 0.00148. The van der Waals surface area contributed by atoms with Gasteiger partial charge in [0.05, 0.1) is 12.5 Å². The van der Waals surface area contributed by atoms with Gasteiger partial charge in [0.2, 0.25) is 11.8 Å². The zero-order valence-corrected chi connectivity index (χ0v) is 11.8. The van der Waals surface area contributed by atoms with E-state index in [2.05, 4.69) is 27.7 Å². The summed E-state index contributed by atoms with van der Waals surface area (Å²) in [4.78, 5) is 24.6. The Labute approximate surface area is 109 Å². The average Bonchev–Trinajstić information content (AvgIpc) is 2.07. The fourth-order valence-electron chi connectivity index (χ4n) is 3.38. The van der Waals surface area contributed by atoms with Gasteiger partial charge in [0.25, 0.3) is 0 Å². The van der Waals surface area contributed by atoms with Crippen molar-refractivity contribution in [1.29, 1.82) is 0 Å². The van der Waals surface area contributed by atoms with Crippen molar-refractivity contribution in [3.05, 3.63) is 0 Å². The standard InChI is InChI=1S/C13H25N3O2/c1-12(2)6-13(3,4)8-16(7-12)9(11(15)18)5-10(14)17/h9H,5-8H2,1-4H3,(H2,14,17)(H2,15,18). The summed E-state index contributed by atoms with van der Waals surface area (Å²) in [7, 11) is 0. The van der Waals surface area contributed by atoms with E-state index in [1.807, 2.05) is 4.90 Å². The Morgan fingerprint density at radius 2 is 1.56 bits per heavy atom. The zero-order valence-electron chi connectivity index (χ0n) is 11.8. The molecular weight excluding hydrogens is 230 g/mol. The second kappa shape index (κ2) is 4.88. The van der Waals surface area contributed by atoms with Gasteiger partial charge in [-0.2, -0.15) is 0 Å². The highest BCUT2D eigenvalue weighted by Crippen LogP contribution is 2.40. The van der Waals surface area contributed by atoms with Crippen molar-refractivity contribution in [1.82, 2.24) is 4.90 Å². The number of piperidine rings is 1. The molecule has 0 radical (unpaired) electrons. The van der Waals surface area contributed by atoms with Gasteiger partial charge in [-0.1, -0.05) is 27.7 Å². The summed E-state index contributed by atoms with van der Waals surface area (Å²) in [6.07, 6.45) is 1.08. The van der Waals surface area contributed by atoms with Gasteiger partial charge in [-0.05, 0) is 17.3 Å². The first-order valence-electron chi connectivity index (χ1n) is 6.34. The maximum atomic E-state index is 11.5. The normalized spacial score (nSPS) is 24.4. The molecule has 0 aromatic rings. The molecule has 0 aliphatic carbocycles. The van der Waals surface area contributed by atoms with Gasteiger partial charge in [-0.3, -0.25) is 14.5 Å². The summed E-state index contributed by atoms with van der Waals surface area (Å²) in [5, 5.41) is 0. The molecular formula is C13H25N3O2. The Morgan fingerprint density at radius 1 is 1.11 bits per heavy atom. The van der Waals surface area contributed by atoms with Gasteiger partial charge in [-0.15, -0.1) is 0 Å². The molecule has 1 rings (SSSR count). The predicted molar refractivity (Wildman–Crippen MR) is 70.5 cm³/mol. The first-order chi connectivity index (χ1) is 8.02. The van der Waals surface area contributed by atoms with Gasteiger partial charge in [0.1, 0.15) is 0 Å². The summed E-state index contributed by atoms with van der Waals surface area (Å²) < 4.78 is 0. The summed E-state index contributed by atoms with van der Waals surface area (Å²) in [5.74, 6) is -0.956. The van der Waals surface area contributed by atoms with Gasteiger partial charge < -0.3 is 11.5 Å². The molecule has 0 spiro atoms. The number of nitrogens with two attached hydrogens (primary N) is 2. The quantitative estimate of drug-likeness (QED) is 0.765. The Hall–Kier alpha value is -1.10. The number of nitrogens with zero attached hydrogens (tertiary/aromatic N) is 1. The van der Waals surface area contributed by atoms with Crippen LogP contribution in [0.15, 0.2) is 0 Å². The molecule has 1 saturated heterocycles. The maximum absolute atomic E-state index is 11.5. The molecule has 0 aromatic carbocycles. The molecule has 18 heavy (non-hydrogen) atoms. The van der Waals surface area contributed by atoms with Crippen LogP contribution in [-0.2, 0) is 9.59 Å².